The van der Waals surface area contributed by atoms with Gasteiger partial charge in [-0.1, -0.05) is 0 Å². The van der Waals surface area contributed by atoms with Crippen LogP contribution >= 0.6 is 0 Å². The normalized spacial score (nSPS) is 13.5. The van der Waals surface area contributed by atoms with Crippen molar-refractivity contribution in [2.24, 2.45) is 4.99 Å². The molecule has 0 bridgehead atoms. The number of carboxylic acid groups (broad SMARTS) is 1. The molecule has 1 rings (SSSR count). The first-order valence-corrected chi connectivity index (χ1v) is 7.18. The molecule has 124 valence electrons. The molecule has 0 aliphatic carbocycles. The van der Waals surface area contributed by atoms with Gasteiger partial charge in [-0.2, -0.15) is 4.39 Å². The molecule has 0 aliphatic rings. The summed E-state index contributed by atoms with van der Waals surface area (Å²) in [6.45, 7) is 7.90. The van der Waals surface area contributed by atoms with Crippen LogP contribution in [0.5, 0.6) is 5.75 Å². The van der Waals surface area contributed by atoms with E-state index in [1.165, 1.54) is 17.8 Å². The molecule has 0 saturated heterocycles. The highest BCUT2D eigenvalue weighted by atomic mass is 19.1. The molecule has 0 radical (unpaired) electrons. The highest BCUT2D eigenvalue weighted by Gasteiger charge is 2.23. The van der Waals surface area contributed by atoms with Gasteiger partial charge < -0.3 is 19.1 Å². The Hall–Kier alpha value is -1.89. The van der Waals surface area contributed by atoms with Gasteiger partial charge in [-0.25, -0.2) is 4.79 Å². The summed E-state index contributed by atoms with van der Waals surface area (Å²) in [4.78, 5) is 15.3. The van der Waals surface area contributed by atoms with Crippen LogP contribution in [0.4, 0.5) is 4.39 Å². The highest BCUT2D eigenvalue weighted by Crippen LogP contribution is 2.23. The number of halogens is 1. The Morgan fingerprint density at radius 2 is 2.09 bits per heavy atom. The van der Waals surface area contributed by atoms with Crippen molar-refractivity contribution in [3.05, 3.63) is 23.1 Å². The Labute approximate surface area is 129 Å². The van der Waals surface area contributed by atoms with Gasteiger partial charge in [0.05, 0.1) is 18.8 Å². The third-order valence-electron chi connectivity index (χ3n) is 2.99. The molecule has 0 spiro atoms. The fourth-order valence-corrected chi connectivity index (χ4v) is 2.01. The lowest BCUT2D eigenvalue weighted by Crippen LogP contribution is -2.31. The molecule has 7 heteroatoms. The van der Waals surface area contributed by atoms with Gasteiger partial charge in [0.15, 0.2) is 11.2 Å². The topological polar surface area (TPSA) is 73.0 Å². The number of carboxylic acids is 1. The van der Waals surface area contributed by atoms with Gasteiger partial charge in [0, 0.05) is 19.9 Å². The second-order valence-corrected chi connectivity index (χ2v) is 5.12. The van der Waals surface area contributed by atoms with E-state index in [9.17, 15) is 14.3 Å². The molecule has 6 nitrogen and oxygen atoms in total. The molecule has 0 saturated carbocycles. The second-order valence-electron chi connectivity index (χ2n) is 5.12. The predicted octanol–water partition coefficient (Wildman–Crippen LogP) is 2.24. The van der Waals surface area contributed by atoms with E-state index in [0.717, 1.165) is 0 Å². The molecule has 0 fully saturated rings. The standard InChI is InChI=1S/C15H23FN2O4/c1-6-21-8-10(4)18-7-11(15(19)20)13(22-9(2)3)12(16)14(18)17-5/h7,9-10H,6,8H2,1-5H3,(H,19,20)/b17-14-. The van der Waals surface area contributed by atoms with Crippen molar-refractivity contribution < 1.29 is 23.8 Å². The first-order valence-electron chi connectivity index (χ1n) is 7.18. The first-order chi connectivity index (χ1) is 10.3. The summed E-state index contributed by atoms with van der Waals surface area (Å²) in [7, 11) is 1.45. The van der Waals surface area contributed by atoms with Crippen molar-refractivity contribution in [3.8, 4) is 5.75 Å². The van der Waals surface area contributed by atoms with Gasteiger partial charge >= 0.3 is 5.97 Å². The van der Waals surface area contributed by atoms with Gasteiger partial charge in [-0.05, 0) is 27.7 Å². The molecule has 22 heavy (non-hydrogen) atoms. The summed E-state index contributed by atoms with van der Waals surface area (Å²) < 4.78 is 26.8. The van der Waals surface area contributed by atoms with Crippen LogP contribution in [-0.4, -0.2) is 42.0 Å². The summed E-state index contributed by atoms with van der Waals surface area (Å²) in [6.07, 6.45) is 0.990. The van der Waals surface area contributed by atoms with Crippen LogP contribution in [0.2, 0.25) is 0 Å². The first kappa shape index (κ1) is 18.2. The zero-order chi connectivity index (χ0) is 16.9. The van der Waals surface area contributed by atoms with E-state index in [0.29, 0.717) is 13.2 Å². The molecule has 1 heterocycles. The zero-order valence-corrected chi connectivity index (χ0v) is 13.6. The van der Waals surface area contributed by atoms with Crippen LogP contribution in [0.25, 0.3) is 0 Å². The smallest absolute Gasteiger partial charge is 0.341 e. The number of ether oxygens (including phenoxy) is 2. The number of rotatable bonds is 7. The molecule has 1 unspecified atom stereocenters. The minimum Gasteiger partial charge on any atom is -0.487 e. The van der Waals surface area contributed by atoms with E-state index >= 15 is 0 Å². The molecular weight excluding hydrogens is 291 g/mol. The lowest BCUT2D eigenvalue weighted by atomic mass is 10.2. The van der Waals surface area contributed by atoms with Crippen molar-refractivity contribution in [1.82, 2.24) is 4.57 Å². The second kappa shape index (κ2) is 7.93. The molecular formula is C15H23FN2O4. The van der Waals surface area contributed by atoms with E-state index in [2.05, 4.69) is 4.99 Å². The Kier molecular flexibility index (Phi) is 6.55. The van der Waals surface area contributed by atoms with Crippen LogP contribution in [0, 0.1) is 5.82 Å². The van der Waals surface area contributed by atoms with Crippen molar-refractivity contribution >= 4 is 5.97 Å². The molecule has 1 atom stereocenters. The number of nitrogens with zero attached hydrogens (tertiary/aromatic N) is 2. The van der Waals surface area contributed by atoms with Crippen LogP contribution in [0.3, 0.4) is 0 Å². The van der Waals surface area contributed by atoms with E-state index in [1.54, 1.807) is 20.8 Å². The van der Waals surface area contributed by atoms with Gasteiger partial charge in [0.25, 0.3) is 0 Å². The molecule has 0 aliphatic heterocycles. The van der Waals surface area contributed by atoms with Crippen LogP contribution in [0.15, 0.2) is 11.2 Å². The molecule has 1 N–H and O–H groups in total. The lowest BCUT2D eigenvalue weighted by Gasteiger charge is -2.20. The maximum atomic E-state index is 14.7. The number of aromatic nitrogens is 1. The molecule has 1 aromatic heterocycles. The van der Waals surface area contributed by atoms with Crippen molar-refractivity contribution in [1.29, 1.82) is 0 Å². The monoisotopic (exact) mass is 314 g/mol. The average molecular weight is 314 g/mol. The Morgan fingerprint density at radius 3 is 2.55 bits per heavy atom. The van der Waals surface area contributed by atoms with Crippen LogP contribution in [0.1, 0.15) is 44.1 Å². The van der Waals surface area contributed by atoms with Crippen LogP contribution in [-0.2, 0) is 4.74 Å². The van der Waals surface area contributed by atoms with Gasteiger partial charge in [-0.15, -0.1) is 0 Å². The third-order valence-corrected chi connectivity index (χ3v) is 2.99. The summed E-state index contributed by atoms with van der Waals surface area (Å²) >= 11 is 0. The number of carbonyl (C=O) groups is 1. The fourth-order valence-electron chi connectivity index (χ4n) is 2.01. The predicted molar refractivity (Wildman–Crippen MR) is 79.8 cm³/mol. The maximum absolute atomic E-state index is 14.7. The number of hydrogen-bond acceptors (Lipinski definition) is 4. The maximum Gasteiger partial charge on any atom is 0.341 e. The Bertz CT molecular complexity index is 596. The summed E-state index contributed by atoms with van der Waals surface area (Å²) in [5, 5.41) is 9.33. The highest BCUT2D eigenvalue weighted by molar-refractivity contribution is 5.90. The van der Waals surface area contributed by atoms with E-state index in [1.807, 2.05) is 6.92 Å². The largest absolute Gasteiger partial charge is 0.487 e. The SMILES string of the molecule is CCOCC(C)n1cc(C(=O)O)c(OC(C)C)c(F)/c1=N/C. The molecule has 0 amide bonds. The number of pyridine rings is 1. The minimum absolute atomic E-state index is 0.0350. The lowest BCUT2D eigenvalue weighted by molar-refractivity contribution is 0.0685. The fraction of sp³-hybridized carbons (Fsp3) is 0.600. The number of hydrogen-bond donors (Lipinski definition) is 1. The summed E-state index contributed by atoms with van der Waals surface area (Å²) in [6, 6.07) is -0.264. The summed E-state index contributed by atoms with van der Waals surface area (Å²) in [5.74, 6) is -2.32. The minimum atomic E-state index is -1.26. The van der Waals surface area contributed by atoms with Crippen molar-refractivity contribution in [3.63, 3.8) is 0 Å². The van der Waals surface area contributed by atoms with Crippen molar-refractivity contribution in [2.45, 2.75) is 39.8 Å². The van der Waals surface area contributed by atoms with Gasteiger partial charge in [-0.3, -0.25) is 4.99 Å². The Morgan fingerprint density at radius 1 is 1.45 bits per heavy atom. The quantitative estimate of drug-likeness (QED) is 0.837. The molecule has 0 aromatic carbocycles. The number of aromatic carboxylic acids is 1. The van der Waals surface area contributed by atoms with Gasteiger partial charge in [0.1, 0.15) is 5.56 Å². The van der Waals surface area contributed by atoms with E-state index in [-0.39, 0.29) is 28.9 Å². The van der Waals surface area contributed by atoms with Crippen LogP contribution < -0.4 is 10.2 Å². The van der Waals surface area contributed by atoms with Crippen molar-refractivity contribution in [2.75, 3.05) is 20.3 Å². The summed E-state index contributed by atoms with van der Waals surface area (Å²) in [5.41, 5.74) is -0.199. The Balaban J connectivity index is 3.51. The van der Waals surface area contributed by atoms with E-state index < -0.39 is 11.8 Å². The van der Waals surface area contributed by atoms with E-state index in [4.69, 9.17) is 9.47 Å². The third kappa shape index (κ3) is 4.07. The zero-order valence-electron chi connectivity index (χ0n) is 13.6. The molecule has 1 aromatic rings. The van der Waals surface area contributed by atoms with Gasteiger partial charge in [0.2, 0.25) is 5.82 Å². The average Bonchev–Trinajstić information content (AvgIpc) is 2.45.